The van der Waals surface area contributed by atoms with Gasteiger partial charge in [0.2, 0.25) is 5.91 Å². The van der Waals surface area contributed by atoms with E-state index in [2.05, 4.69) is 15.5 Å². The lowest BCUT2D eigenvalue weighted by molar-refractivity contribution is -0.119. The lowest BCUT2D eigenvalue weighted by Gasteiger charge is -2.26. The van der Waals surface area contributed by atoms with Gasteiger partial charge >= 0.3 is 0 Å². The molecule has 0 radical (unpaired) electrons. The summed E-state index contributed by atoms with van der Waals surface area (Å²) in [7, 11) is 1.63. The molecule has 35 heavy (non-hydrogen) atoms. The van der Waals surface area contributed by atoms with Gasteiger partial charge in [0.15, 0.2) is 22.5 Å². The number of ether oxygens (including phenoxy) is 3. The summed E-state index contributed by atoms with van der Waals surface area (Å²) in [6.45, 7) is 0.737. The van der Waals surface area contributed by atoms with E-state index in [1.807, 2.05) is 83.4 Å². The molecule has 3 aromatic carbocycles. The number of para-hydroxylation sites is 4. The molecule has 1 unspecified atom stereocenters. The Morgan fingerprint density at radius 3 is 2.60 bits per heavy atom. The molecule has 178 valence electrons. The van der Waals surface area contributed by atoms with Gasteiger partial charge in [-0.15, -0.1) is 10.2 Å². The fourth-order valence-electron chi connectivity index (χ4n) is 3.75. The number of benzene rings is 3. The zero-order chi connectivity index (χ0) is 24.0. The van der Waals surface area contributed by atoms with E-state index in [-0.39, 0.29) is 17.8 Å². The SMILES string of the molecule is COc1ccccc1-c1nnc(SCC(=O)NCC2COc3ccccc3O2)n1-c1ccccc1. The summed E-state index contributed by atoms with van der Waals surface area (Å²) in [6.07, 6.45) is -0.246. The molecule has 5 rings (SSSR count). The van der Waals surface area contributed by atoms with Gasteiger partial charge < -0.3 is 19.5 Å². The van der Waals surface area contributed by atoms with E-state index in [1.54, 1.807) is 7.11 Å². The molecular weight excluding hydrogens is 464 g/mol. The fraction of sp³-hybridized carbons (Fsp3) is 0.192. The second-order valence-electron chi connectivity index (χ2n) is 7.77. The first-order valence-corrected chi connectivity index (χ1v) is 12.1. The van der Waals surface area contributed by atoms with Crippen LogP contribution in [0, 0.1) is 0 Å². The summed E-state index contributed by atoms with van der Waals surface area (Å²) in [4.78, 5) is 12.6. The molecule has 8 nitrogen and oxygen atoms in total. The van der Waals surface area contributed by atoms with Crippen molar-refractivity contribution in [2.24, 2.45) is 0 Å². The standard InChI is InChI=1S/C26H24N4O4S/c1-32-21-12-6-5-11-20(21)25-28-29-26(30(25)18-9-3-2-4-10-18)35-17-24(31)27-15-19-16-33-22-13-7-8-14-23(22)34-19/h2-14,19H,15-17H2,1H3,(H,27,31). The van der Waals surface area contributed by atoms with Crippen LogP contribution in [0.2, 0.25) is 0 Å². The highest BCUT2D eigenvalue weighted by atomic mass is 32.2. The number of aromatic nitrogens is 3. The van der Waals surface area contributed by atoms with E-state index in [1.165, 1.54) is 11.8 Å². The highest BCUT2D eigenvalue weighted by molar-refractivity contribution is 7.99. The number of thioether (sulfide) groups is 1. The summed E-state index contributed by atoms with van der Waals surface area (Å²) in [5.41, 5.74) is 1.71. The quantitative estimate of drug-likeness (QED) is 0.375. The number of nitrogens with one attached hydrogen (secondary N) is 1. The van der Waals surface area contributed by atoms with Gasteiger partial charge in [-0.1, -0.05) is 54.2 Å². The molecule has 4 aromatic rings. The molecule has 9 heteroatoms. The third-order valence-corrected chi connectivity index (χ3v) is 6.35. The maximum Gasteiger partial charge on any atom is 0.230 e. The zero-order valence-electron chi connectivity index (χ0n) is 19.1. The Kier molecular flexibility index (Phi) is 6.85. The average Bonchev–Trinajstić information content (AvgIpc) is 3.34. The minimum absolute atomic E-state index is 0.126. The summed E-state index contributed by atoms with van der Waals surface area (Å²) >= 11 is 1.32. The molecular formula is C26H24N4O4S. The van der Waals surface area contributed by atoms with Crippen LogP contribution < -0.4 is 19.5 Å². The van der Waals surface area contributed by atoms with Gasteiger partial charge in [0.05, 0.1) is 25.0 Å². The first kappa shape index (κ1) is 22.8. The maximum atomic E-state index is 12.6. The highest BCUT2D eigenvalue weighted by Gasteiger charge is 2.22. The molecule has 1 atom stereocenters. The van der Waals surface area contributed by atoms with E-state index in [0.29, 0.717) is 35.6 Å². The van der Waals surface area contributed by atoms with Gasteiger partial charge in [0.25, 0.3) is 0 Å². The van der Waals surface area contributed by atoms with Gasteiger partial charge in [-0.3, -0.25) is 9.36 Å². The first-order chi connectivity index (χ1) is 17.2. The van der Waals surface area contributed by atoms with Crippen LogP contribution in [0.3, 0.4) is 0 Å². The van der Waals surface area contributed by atoms with Crippen molar-refractivity contribution in [3.8, 4) is 34.3 Å². The first-order valence-electron chi connectivity index (χ1n) is 11.1. The van der Waals surface area contributed by atoms with Crippen molar-refractivity contribution < 1.29 is 19.0 Å². The normalized spacial score (nSPS) is 14.4. The van der Waals surface area contributed by atoms with Crippen LogP contribution in [0.1, 0.15) is 0 Å². The van der Waals surface area contributed by atoms with E-state index in [4.69, 9.17) is 14.2 Å². The van der Waals surface area contributed by atoms with Crippen molar-refractivity contribution in [1.82, 2.24) is 20.1 Å². The van der Waals surface area contributed by atoms with Crippen LogP contribution in [0.15, 0.2) is 84.0 Å². The van der Waals surface area contributed by atoms with E-state index in [9.17, 15) is 4.79 Å². The lowest BCUT2D eigenvalue weighted by atomic mass is 10.2. The van der Waals surface area contributed by atoms with Gasteiger partial charge in [0, 0.05) is 5.69 Å². The number of hydrogen-bond donors (Lipinski definition) is 1. The Morgan fingerprint density at radius 2 is 1.77 bits per heavy atom. The molecule has 1 amide bonds. The Hall–Kier alpha value is -3.98. The molecule has 1 aliphatic rings. The van der Waals surface area contributed by atoms with Crippen molar-refractivity contribution in [1.29, 1.82) is 0 Å². The van der Waals surface area contributed by atoms with Crippen LogP contribution in [-0.4, -0.2) is 52.8 Å². The van der Waals surface area contributed by atoms with Gasteiger partial charge in [-0.05, 0) is 36.4 Å². The van der Waals surface area contributed by atoms with Gasteiger partial charge in [-0.25, -0.2) is 0 Å². The lowest BCUT2D eigenvalue weighted by Crippen LogP contribution is -2.41. The largest absolute Gasteiger partial charge is 0.496 e. The summed E-state index contributed by atoms with van der Waals surface area (Å²) < 4.78 is 19.1. The number of carbonyl (C=O) groups is 1. The van der Waals surface area contributed by atoms with Crippen molar-refractivity contribution in [3.63, 3.8) is 0 Å². The van der Waals surface area contributed by atoms with Crippen molar-refractivity contribution in [2.75, 3.05) is 26.0 Å². The Labute approximate surface area is 207 Å². The van der Waals surface area contributed by atoms with E-state index in [0.717, 1.165) is 17.0 Å². The van der Waals surface area contributed by atoms with Gasteiger partial charge in [-0.2, -0.15) is 0 Å². The number of amides is 1. The Morgan fingerprint density at radius 1 is 1.03 bits per heavy atom. The van der Waals surface area contributed by atoms with Crippen molar-refractivity contribution >= 4 is 17.7 Å². The summed E-state index contributed by atoms with van der Waals surface area (Å²) in [5.74, 6) is 2.80. The second kappa shape index (κ2) is 10.5. The molecule has 1 aromatic heterocycles. The number of fused-ring (bicyclic) bond motifs is 1. The highest BCUT2D eigenvalue weighted by Crippen LogP contribution is 2.33. The molecule has 0 aliphatic carbocycles. The van der Waals surface area contributed by atoms with Crippen LogP contribution >= 0.6 is 11.8 Å². The topological polar surface area (TPSA) is 87.5 Å². The van der Waals surface area contributed by atoms with Crippen LogP contribution in [0.5, 0.6) is 17.2 Å². The third kappa shape index (κ3) is 5.09. The minimum atomic E-state index is -0.246. The monoisotopic (exact) mass is 488 g/mol. The zero-order valence-corrected chi connectivity index (χ0v) is 19.9. The molecule has 1 aliphatic heterocycles. The molecule has 0 saturated carbocycles. The van der Waals surface area contributed by atoms with Crippen molar-refractivity contribution in [3.05, 3.63) is 78.9 Å². The Bertz CT molecular complexity index is 1310. The van der Waals surface area contributed by atoms with E-state index >= 15 is 0 Å². The number of hydrogen-bond acceptors (Lipinski definition) is 7. The predicted octanol–water partition coefficient (Wildman–Crippen LogP) is 3.99. The summed E-state index contributed by atoms with van der Waals surface area (Å²) in [5, 5.41) is 12.4. The number of nitrogens with zero attached hydrogens (tertiary/aromatic N) is 3. The number of methoxy groups -OCH3 is 1. The Balaban J connectivity index is 1.28. The number of carbonyl (C=O) groups excluding carboxylic acids is 1. The second-order valence-corrected chi connectivity index (χ2v) is 8.71. The predicted molar refractivity (Wildman–Crippen MR) is 133 cm³/mol. The van der Waals surface area contributed by atoms with Crippen molar-refractivity contribution in [2.45, 2.75) is 11.3 Å². The number of rotatable bonds is 8. The summed E-state index contributed by atoms with van der Waals surface area (Å²) in [6, 6.07) is 25.0. The fourth-order valence-corrected chi connectivity index (χ4v) is 4.53. The average molecular weight is 489 g/mol. The molecule has 2 heterocycles. The van der Waals surface area contributed by atoms with Crippen LogP contribution in [0.4, 0.5) is 0 Å². The molecule has 1 N–H and O–H groups in total. The molecule has 0 saturated heterocycles. The van der Waals surface area contributed by atoms with Crippen LogP contribution in [0.25, 0.3) is 17.1 Å². The third-order valence-electron chi connectivity index (χ3n) is 5.42. The van der Waals surface area contributed by atoms with E-state index < -0.39 is 0 Å². The molecule has 0 fully saturated rings. The molecule has 0 bridgehead atoms. The minimum Gasteiger partial charge on any atom is -0.496 e. The smallest absolute Gasteiger partial charge is 0.230 e. The molecule has 0 spiro atoms. The maximum absolute atomic E-state index is 12.6. The van der Waals surface area contributed by atoms with Gasteiger partial charge in [0.1, 0.15) is 18.5 Å². The van der Waals surface area contributed by atoms with Crippen LogP contribution in [-0.2, 0) is 4.79 Å².